The fourth-order valence-electron chi connectivity index (χ4n) is 0.792. The molecule has 0 aliphatic carbocycles. The Balaban J connectivity index is 2.52. The van der Waals surface area contributed by atoms with Crippen LogP contribution in [0.15, 0.2) is 6.20 Å². The molecule has 0 saturated carbocycles. The molecule has 0 radical (unpaired) electrons. The number of aryl methyl sites for hydroxylation is 1. The molecule has 0 bridgehead atoms. The minimum absolute atomic E-state index is 0.161. The van der Waals surface area contributed by atoms with Crippen molar-refractivity contribution < 1.29 is 13.9 Å². The van der Waals surface area contributed by atoms with E-state index in [2.05, 4.69) is 10.3 Å². The third-order valence-electron chi connectivity index (χ3n) is 1.36. The summed E-state index contributed by atoms with van der Waals surface area (Å²) in [7, 11) is 1.63. The molecule has 0 saturated heterocycles. The number of aliphatic hydroxyl groups is 1. The SMILES string of the molecule is Cn1cc(CC(O)C(F)F)nn1. The van der Waals surface area contributed by atoms with Crippen LogP contribution in [0.1, 0.15) is 5.69 Å². The summed E-state index contributed by atoms with van der Waals surface area (Å²) < 4.78 is 25.0. The predicted octanol–water partition coefficient (Wildman–Crippen LogP) is -0.0164. The molecule has 4 nitrogen and oxygen atoms in total. The van der Waals surface area contributed by atoms with Gasteiger partial charge in [0.1, 0.15) is 6.10 Å². The average molecular weight is 177 g/mol. The van der Waals surface area contributed by atoms with Crippen molar-refractivity contribution in [2.45, 2.75) is 19.0 Å². The summed E-state index contributed by atoms with van der Waals surface area (Å²) in [6, 6.07) is 0. The van der Waals surface area contributed by atoms with Crippen LogP contribution in [-0.2, 0) is 13.5 Å². The lowest BCUT2D eigenvalue weighted by Crippen LogP contribution is -2.20. The van der Waals surface area contributed by atoms with Crippen LogP contribution in [0.4, 0.5) is 8.78 Å². The van der Waals surface area contributed by atoms with Gasteiger partial charge in [0.15, 0.2) is 0 Å². The van der Waals surface area contributed by atoms with Crippen LogP contribution < -0.4 is 0 Å². The Labute approximate surface area is 67.8 Å². The van der Waals surface area contributed by atoms with E-state index in [1.807, 2.05) is 0 Å². The zero-order chi connectivity index (χ0) is 9.14. The van der Waals surface area contributed by atoms with Gasteiger partial charge in [-0.3, -0.25) is 4.68 Å². The molecule has 0 amide bonds. The van der Waals surface area contributed by atoms with Gasteiger partial charge in [0.2, 0.25) is 0 Å². The number of halogens is 2. The second kappa shape index (κ2) is 3.57. The van der Waals surface area contributed by atoms with Gasteiger partial charge in [-0.15, -0.1) is 5.10 Å². The smallest absolute Gasteiger partial charge is 0.264 e. The van der Waals surface area contributed by atoms with E-state index in [-0.39, 0.29) is 6.42 Å². The summed E-state index contributed by atoms with van der Waals surface area (Å²) in [5, 5.41) is 15.9. The summed E-state index contributed by atoms with van der Waals surface area (Å²) in [5.74, 6) is 0. The molecule has 1 rings (SSSR count). The third-order valence-corrected chi connectivity index (χ3v) is 1.36. The van der Waals surface area contributed by atoms with Gasteiger partial charge in [-0.05, 0) is 0 Å². The number of hydrogen-bond donors (Lipinski definition) is 1. The number of aromatic nitrogens is 3. The molecule has 0 aliphatic rings. The van der Waals surface area contributed by atoms with E-state index < -0.39 is 12.5 Å². The zero-order valence-electron chi connectivity index (χ0n) is 6.48. The summed E-state index contributed by atoms with van der Waals surface area (Å²) >= 11 is 0. The highest BCUT2D eigenvalue weighted by molar-refractivity contribution is 4.94. The van der Waals surface area contributed by atoms with E-state index in [1.165, 1.54) is 10.9 Å². The van der Waals surface area contributed by atoms with Crippen LogP contribution in [0.25, 0.3) is 0 Å². The van der Waals surface area contributed by atoms with Crippen LogP contribution in [0.2, 0.25) is 0 Å². The minimum atomic E-state index is -2.73. The first kappa shape index (κ1) is 9.05. The molecule has 1 atom stereocenters. The molecule has 0 spiro atoms. The van der Waals surface area contributed by atoms with E-state index in [0.29, 0.717) is 5.69 Å². The molecule has 1 unspecified atom stereocenters. The molecule has 0 aromatic carbocycles. The van der Waals surface area contributed by atoms with Gasteiger partial charge in [-0.2, -0.15) is 0 Å². The first-order valence-electron chi connectivity index (χ1n) is 3.41. The van der Waals surface area contributed by atoms with Gasteiger partial charge in [-0.25, -0.2) is 8.78 Å². The summed E-state index contributed by atoms with van der Waals surface area (Å²) in [6.07, 6.45) is -3.05. The van der Waals surface area contributed by atoms with E-state index >= 15 is 0 Å². The Hall–Kier alpha value is -1.04. The lowest BCUT2D eigenvalue weighted by atomic mass is 10.2. The van der Waals surface area contributed by atoms with Gasteiger partial charge in [0, 0.05) is 19.7 Å². The van der Waals surface area contributed by atoms with Crippen molar-refractivity contribution in [1.29, 1.82) is 0 Å². The predicted molar refractivity (Wildman–Crippen MR) is 36.7 cm³/mol. The molecule has 1 N–H and O–H groups in total. The zero-order valence-corrected chi connectivity index (χ0v) is 6.48. The van der Waals surface area contributed by atoms with Crippen LogP contribution in [0.5, 0.6) is 0 Å². The quantitative estimate of drug-likeness (QED) is 0.706. The van der Waals surface area contributed by atoms with Crippen LogP contribution in [0, 0.1) is 0 Å². The normalized spacial score (nSPS) is 13.8. The van der Waals surface area contributed by atoms with Crippen molar-refractivity contribution in [3.8, 4) is 0 Å². The molecule has 68 valence electrons. The van der Waals surface area contributed by atoms with E-state index in [9.17, 15) is 8.78 Å². The maximum Gasteiger partial charge on any atom is 0.264 e. The van der Waals surface area contributed by atoms with Crippen molar-refractivity contribution in [1.82, 2.24) is 15.0 Å². The van der Waals surface area contributed by atoms with E-state index in [1.54, 1.807) is 7.05 Å². The molecular formula is C6H9F2N3O. The van der Waals surface area contributed by atoms with Crippen LogP contribution in [0.3, 0.4) is 0 Å². The highest BCUT2D eigenvalue weighted by atomic mass is 19.3. The number of aliphatic hydroxyl groups excluding tert-OH is 1. The van der Waals surface area contributed by atoms with Gasteiger partial charge in [0.25, 0.3) is 6.43 Å². The largest absolute Gasteiger partial charge is 0.387 e. The monoisotopic (exact) mass is 177 g/mol. The van der Waals surface area contributed by atoms with Crippen molar-refractivity contribution in [3.05, 3.63) is 11.9 Å². The third kappa shape index (κ3) is 2.23. The lowest BCUT2D eigenvalue weighted by molar-refractivity contribution is -0.00417. The molecule has 1 heterocycles. The Kier molecular flexibility index (Phi) is 2.69. The van der Waals surface area contributed by atoms with Crippen LogP contribution in [-0.4, -0.2) is 32.6 Å². The highest BCUT2D eigenvalue weighted by Gasteiger charge is 2.18. The standard InChI is InChI=1S/C6H9F2N3O/c1-11-3-4(9-10-11)2-5(12)6(7)8/h3,5-6,12H,2H2,1H3. The fourth-order valence-corrected chi connectivity index (χ4v) is 0.792. The van der Waals surface area contributed by atoms with Gasteiger partial charge in [0.05, 0.1) is 5.69 Å². The Bertz CT molecular complexity index is 251. The molecule has 0 fully saturated rings. The topological polar surface area (TPSA) is 50.9 Å². The first-order valence-corrected chi connectivity index (χ1v) is 3.41. The van der Waals surface area contributed by atoms with Crippen molar-refractivity contribution in [2.24, 2.45) is 7.05 Å². The number of alkyl halides is 2. The Morgan fingerprint density at radius 1 is 1.67 bits per heavy atom. The van der Waals surface area contributed by atoms with Crippen LogP contribution >= 0.6 is 0 Å². The number of hydrogen-bond acceptors (Lipinski definition) is 3. The molecule has 1 aromatic heterocycles. The Morgan fingerprint density at radius 2 is 2.33 bits per heavy atom. The number of rotatable bonds is 3. The molecule has 1 aromatic rings. The fraction of sp³-hybridized carbons (Fsp3) is 0.667. The maximum absolute atomic E-state index is 11.8. The van der Waals surface area contributed by atoms with Crippen molar-refractivity contribution in [2.75, 3.05) is 0 Å². The molecule has 12 heavy (non-hydrogen) atoms. The second-order valence-corrected chi connectivity index (χ2v) is 2.49. The minimum Gasteiger partial charge on any atom is -0.387 e. The number of nitrogens with zero attached hydrogens (tertiary/aromatic N) is 3. The maximum atomic E-state index is 11.8. The van der Waals surface area contributed by atoms with Crippen molar-refractivity contribution in [3.63, 3.8) is 0 Å². The van der Waals surface area contributed by atoms with E-state index in [0.717, 1.165) is 0 Å². The summed E-state index contributed by atoms with van der Waals surface area (Å²) in [5.41, 5.74) is 0.366. The van der Waals surface area contributed by atoms with Gasteiger partial charge >= 0.3 is 0 Å². The molecule has 6 heteroatoms. The lowest BCUT2D eigenvalue weighted by Gasteiger charge is -2.05. The Morgan fingerprint density at radius 3 is 2.75 bits per heavy atom. The average Bonchev–Trinajstić information content (AvgIpc) is 2.35. The first-order chi connectivity index (χ1) is 5.59. The molecular weight excluding hydrogens is 168 g/mol. The second-order valence-electron chi connectivity index (χ2n) is 2.49. The molecule has 0 aliphatic heterocycles. The van der Waals surface area contributed by atoms with Gasteiger partial charge < -0.3 is 5.11 Å². The highest BCUT2D eigenvalue weighted by Crippen LogP contribution is 2.06. The van der Waals surface area contributed by atoms with Crippen molar-refractivity contribution >= 4 is 0 Å². The van der Waals surface area contributed by atoms with Gasteiger partial charge in [-0.1, -0.05) is 5.21 Å². The van der Waals surface area contributed by atoms with E-state index in [4.69, 9.17) is 5.11 Å². The summed E-state index contributed by atoms with van der Waals surface area (Å²) in [4.78, 5) is 0. The summed E-state index contributed by atoms with van der Waals surface area (Å²) in [6.45, 7) is 0.